The van der Waals surface area contributed by atoms with Crippen molar-refractivity contribution >= 4 is 15.7 Å². The molecular formula is C24H29N3O4S. The fraction of sp³-hybridized carbons (Fsp3) is 0.458. The monoisotopic (exact) mass is 455 g/mol. The van der Waals surface area contributed by atoms with Gasteiger partial charge < -0.3 is 10.0 Å². The van der Waals surface area contributed by atoms with Crippen molar-refractivity contribution in [1.29, 1.82) is 0 Å². The number of β-amino-alcohol motifs (C(OH)–C–C–N with tert-alkyl or cyclic N) is 1. The summed E-state index contributed by atoms with van der Waals surface area (Å²) in [5.74, 6) is 0.0563. The molecule has 3 aliphatic heterocycles. The summed E-state index contributed by atoms with van der Waals surface area (Å²) in [6.45, 7) is 4.35. The Morgan fingerprint density at radius 3 is 2.38 bits per heavy atom. The van der Waals surface area contributed by atoms with Crippen LogP contribution in [0, 0.1) is 0 Å². The lowest BCUT2D eigenvalue weighted by atomic mass is 9.83. The second-order valence-corrected chi connectivity index (χ2v) is 11.5. The average molecular weight is 456 g/mol. The first kappa shape index (κ1) is 21.6. The first-order valence-corrected chi connectivity index (χ1v) is 12.9. The number of hydrogen-bond donors (Lipinski definition) is 1. The fourth-order valence-corrected chi connectivity index (χ4v) is 6.24. The highest BCUT2D eigenvalue weighted by Gasteiger charge is 2.56. The maximum atomic E-state index is 13.2. The molecule has 1 spiro atoms. The summed E-state index contributed by atoms with van der Waals surface area (Å²) in [6.07, 6.45) is 1.57. The summed E-state index contributed by atoms with van der Waals surface area (Å²) in [5, 5.41) is 10.3. The molecule has 2 atom stereocenters. The molecule has 1 amide bonds. The number of piperazine rings is 1. The number of likely N-dealkylation sites (tertiary alicyclic amines) is 1. The number of carbonyl (C=O) groups excluding carboxylic acids is 1. The van der Waals surface area contributed by atoms with Crippen LogP contribution < -0.4 is 0 Å². The van der Waals surface area contributed by atoms with Crippen LogP contribution in [0.25, 0.3) is 0 Å². The molecule has 0 bridgehead atoms. The third-order valence-corrected chi connectivity index (χ3v) is 8.15. The van der Waals surface area contributed by atoms with Crippen molar-refractivity contribution in [1.82, 2.24) is 14.7 Å². The van der Waals surface area contributed by atoms with E-state index < -0.39 is 9.84 Å². The second kappa shape index (κ2) is 7.95. The third kappa shape index (κ3) is 3.96. The highest BCUT2D eigenvalue weighted by molar-refractivity contribution is 7.90. The number of hydrogen-bond acceptors (Lipinski definition) is 6. The summed E-state index contributed by atoms with van der Waals surface area (Å²) in [4.78, 5) is 20.2. The van der Waals surface area contributed by atoms with Gasteiger partial charge in [0.25, 0.3) is 5.91 Å². The van der Waals surface area contributed by atoms with E-state index in [4.69, 9.17) is 0 Å². The van der Waals surface area contributed by atoms with Crippen molar-refractivity contribution in [3.63, 3.8) is 0 Å². The molecule has 0 unspecified atom stereocenters. The lowest BCUT2D eigenvalue weighted by Gasteiger charge is -2.61. The van der Waals surface area contributed by atoms with Gasteiger partial charge >= 0.3 is 0 Å². The summed E-state index contributed by atoms with van der Waals surface area (Å²) in [5.41, 5.74) is 1.63. The van der Waals surface area contributed by atoms with Crippen LogP contribution in [0.4, 0.5) is 0 Å². The SMILES string of the molecule is CS(=O)(=O)c1ccc(CN2CC3(C2)CN(C(=O)c2ccccc2)C[C@@H]2C[C@@H](O)CN23)cc1. The van der Waals surface area contributed by atoms with E-state index in [9.17, 15) is 18.3 Å². The van der Waals surface area contributed by atoms with Crippen LogP contribution in [0.2, 0.25) is 0 Å². The second-order valence-electron chi connectivity index (χ2n) is 9.53. The first-order chi connectivity index (χ1) is 15.2. The molecule has 1 N–H and O–H groups in total. The number of benzene rings is 2. The van der Waals surface area contributed by atoms with Crippen LogP contribution in [-0.2, 0) is 16.4 Å². The third-order valence-electron chi connectivity index (χ3n) is 7.02. The van der Waals surface area contributed by atoms with Crippen molar-refractivity contribution in [3.8, 4) is 0 Å². The molecule has 5 rings (SSSR count). The smallest absolute Gasteiger partial charge is 0.253 e. The summed E-state index contributed by atoms with van der Waals surface area (Å²) in [7, 11) is -3.20. The van der Waals surface area contributed by atoms with Gasteiger partial charge in [0.1, 0.15) is 0 Å². The predicted molar refractivity (Wildman–Crippen MR) is 121 cm³/mol. The van der Waals surface area contributed by atoms with E-state index in [0.29, 0.717) is 36.5 Å². The Hall–Kier alpha value is -2.26. The van der Waals surface area contributed by atoms with Crippen molar-refractivity contribution in [2.75, 3.05) is 39.0 Å². The molecule has 32 heavy (non-hydrogen) atoms. The highest BCUT2D eigenvalue weighted by Crippen LogP contribution is 2.39. The number of rotatable bonds is 4. The molecule has 3 fully saturated rings. The van der Waals surface area contributed by atoms with Gasteiger partial charge in [0.2, 0.25) is 0 Å². The summed E-state index contributed by atoms with van der Waals surface area (Å²) >= 11 is 0. The Morgan fingerprint density at radius 1 is 1.03 bits per heavy atom. The number of aliphatic hydroxyl groups is 1. The van der Waals surface area contributed by atoms with Gasteiger partial charge in [0.15, 0.2) is 9.84 Å². The molecule has 8 heteroatoms. The zero-order chi connectivity index (χ0) is 22.5. The summed E-state index contributed by atoms with van der Waals surface area (Å²) < 4.78 is 23.4. The number of amides is 1. The van der Waals surface area contributed by atoms with Crippen molar-refractivity contribution < 1.29 is 18.3 Å². The molecule has 3 heterocycles. The van der Waals surface area contributed by atoms with Gasteiger partial charge in [-0.2, -0.15) is 0 Å². The van der Waals surface area contributed by atoms with E-state index in [1.807, 2.05) is 47.4 Å². The van der Waals surface area contributed by atoms with E-state index in [0.717, 1.165) is 25.2 Å². The van der Waals surface area contributed by atoms with Crippen LogP contribution in [0.1, 0.15) is 22.3 Å². The quantitative estimate of drug-likeness (QED) is 0.747. The summed E-state index contributed by atoms with van der Waals surface area (Å²) in [6, 6.07) is 16.7. The maximum Gasteiger partial charge on any atom is 0.253 e. The van der Waals surface area contributed by atoms with E-state index in [1.54, 1.807) is 12.1 Å². The standard InChI is InChI=1S/C24H29N3O4S/c1-32(30,31)22-9-7-18(8-10-22)12-25-15-24(16-25)17-26(13-20-11-21(28)14-27(20)24)23(29)19-5-3-2-4-6-19/h2-10,20-21,28H,11-17H2,1H3/t20-,21+/m0/s1. The predicted octanol–water partition coefficient (Wildman–Crippen LogP) is 1.24. The Balaban J connectivity index is 1.30. The maximum absolute atomic E-state index is 13.2. The molecule has 0 aromatic heterocycles. The van der Waals surface area contributed by atoms with Gasteiger partial charge in [-0.1, -0.05) is 30.3 Å². The molecule has 170 valence electrons. The van der Waals surface area contributed by atoms with E-state index in [-0.39, 0.29) is 23.6 Å². The van der Waals surface area contributed by atoms with E-state index in [1.165, 1.54) is 6.26 Å². The fourth-order valence-electron chi connectivity index (χ4n) is 5.61. The minimum absolute atomic E-state index is 0.0563. The molecule has 3 saturated heterocycles. The average Bonchev–Trinajstić information content (AvgIpc) is 3.13. The largest absolute Gasteiger partial charge is 0.392 e. The Labute approximate surface area is 189 Å². The minimum atomic E-state index is -3.20. The number of aliphatic hydroxyl groups excluding tert-OH is 1. The number of fused-ring (bicyclic) bond motifs is 2. The van der Waals surface area contributed by atoms with Crippen molar-refractivity contribution in [2.45, 2.75) is 35.5 Å². The highest BCUT2D eigenvalue weighted by atomic mass is 32.2. The van der Waals surface area contributed by atoms with Gasteiger partial charge in [-0.3, -0.25) is 14.6 Å². The molecule has 0 radical (unpaired) electrons. The van der Waals surface area contributed by atoms with Crippen molar-refractivity contribution in [3.05, 3.63) is 65.7 Å². The number of sulfone groups is 1. The van der Waals surface area contributed by atoms with Gasteiger partial charge in [0, 0.05) is 57.1 Å². The first-order valence-electron chi connectivity index (χ1n) is 11.0. The van der Waals surface area contributed by atoms with Gasteiger partial charge in [0.05, 0.1) is 16.5 Å². The molecule has 2 aromatic rings. The zero-order valence-electron chi connectivity index (χ0n) is 18.2. The van der Waals surface area contributed by atoms with Gasteiger partial charge in [-0.25, -0.2) is 8.42 Å². The van der Waals surface area contributed by atoms with Gasteiger partial charge in [-0.15, -0.1) is 0 Å². The minimum Gasteiger partial charge on any atom is -0.392 e. The topological polar surface area (TPSA) is 81.2 Å². The molecule has 0 aliphatic carbocycles. The molecule has 0 saturated carbocycles. The number of nitrogens with zero attached hydrogens (tertiary/aromatic N) is 3. The van der Waals surface area contributed by atoms with Crippen LogP contribution in [0.5, 0.6) is 0 Å². The number of carbonyl (C=O) groups is 1. The lowest BCUT2D eigenvalue weighted by molar-refractivity contribution is -0.108. The van der Waals surface area contributed by atoms with Crippen LogP contribution in [-0.4, -0.2) is 90.8 Å². The molecule has 2 aromatic carbocycles. The normalized spacial score (nSPS) is 25.5. The Morgan fingerprint density at radius 2 is 1.72 bits per heavy atom. The zero-order valence-corrected chi connectivity index (χ0v) is 19.0. The molecule has 3 aliphatic rings. The Kier molecular flexibility index (Phi) is 5.36. The van der Waals surface area contributed by atoms with E-state index >= 15 is 0 Å². The van der Waals surface area contributed by atoms with Crippen LogP contribution in [0.3, 0.4) is 0 Å². The van der Waals surface area contributed by atoms with Crippen LogP contribution >= 0.6 is 0 Å². The Bertz CT molecular complexity index is 1100. The van der Waals surface area contributed by atoms with Gasteiger partial charge in [-0.05, 0) is 36.2 Å². The van der Waals surface area contributed by atoms with Crippen LogP contribution in [0.15, 0.2) is 59.5 Å². The molecular weight excluding hydrogens is 426 g/mol. The van der Waals surface area contributed by atoms with Crippen molar-refractivity contribution in [2.24, 2.45) is 0 Å². The lowest BCUT2D eigenvalue weighted by Crippen LogP contribution is -2.78. The van der Waals surface area contributed by atoms with E-state index in [2.05, 4.69) is 9.80 Å². The molecule has 7 nitrogen and oxygen atoms in total.